The van der Waals surface area contributed by atoms with E-state index < -0.39 is 5.60 Å². The van der Waals surface area contributed by atoms with Crippen LogP contribution >= 0.6 is 0 Å². The molecule has 0 aliphatic heterocycles. The van der Waals surface area contributed by atoms with Gasteiger partial charge in [-0.25, -0.2) is 4.79 Å². The Morgan fingerprint density at radius 3 is 2.43 bits per heavy atom. The largest absolute Gasteiger partial charge is 0.444 e. The van der Waals surface area contributed by atoms with E-state index in [0.29, 0.717) is 18.5 Å². The molecule has 0 aromatic carbocycles. The lowest BCUT2D eigenvalue weighted by atomic mass is 9.99. The predicted molar refractivity (Wildman–Crippen MR) is 86.6 cm³/mol. The van der Waals surface area contributed by atoms with Gasteiger partial charge in [-0.2, -0.15) is 0 Å². The smallest absolute Gasteiger partial charge is 0.407 e. The zero-order valence-electron chi connectivity index (χ0n) is 14.6. The third-order valence-corrected chi connectivity index (χ3v) is 3.00. The number of nitrogens with one attached hydrogen (secondary N) is 2. The van der Waals surface area contributed by atoms with Gasteiger partial charge in [0, 0.05) is 25.7 Å². The number of rotatable bonds is 10. The van der Waals surface area contributed by atoms with E-state index in [-0.39, 0.29) is 6.09 Å². The van der Waals surface area contributed by atoms with E-state index in [1.54, 1.807) is 0 Å². The fraction of sp³-hybridized carbons (Fsp3) is 0.938. The van der Waals surface area contributed by atoms with Crippen LogP contribution in [0.2, 0.25) is 0 Å². The van der Waals surface area contributed by atoms with Crippen molar-refractivity contribution in [3.8, 4) is 0 Å². The van der Waals surface area contributed by atoms with Crippen molar-refractivity contribution >= 4 is 6.09 Å². The molecule has 1 amide bonds. The van der Waals surface area contributed by atoms with E-state index in [1.807, 2.05) is 27.7 Å². The molecule has 2 N–H and O–H groups in total. The molecule has 0 saturated heterocycles. The summed E-state index contributed by atoms with van der Waals surface area (Å²) >= 11 is 0. The molecular weight excluding hydrogens is 268 g/mol. The van der Waals surface area contributed by atoms with Crippen molar-refractivity contribution in [2.45, 2.75) is 66.0 Å². The Morgan fingerprint density at radius 1 is 1.19 bits per heavy atom. The Hall–Kier alpha value is -0.810. The van der Waals surface area contributed by atoms with Gasteiger partial charge < -0.3 is 20.1 Å². The van der Waals surface area contributed by atoms with E-state index in [2.05, 4.69) is 24.5 Å². The van der Waals surface area contributed by atoms with Gasteiger partial charge in [-0.3, -0.25) is 0 Å². The van der Waals surface area contributed by atoms with Crippen molar-refractivity contribution in [2.75, 3.05) is 26.3 Å². The molecule has 21 heavy (non-hydrogen) atoms. The summed E-state index contributed by atoms with van der Waals surface area (Å²) in [4.78, 5) is 11.5. The zero-order chi connectivity index (χ0) is 16.3. The molecule has 0 heterocycles. The average molecular weight is 302 g/mol. The van der Waals surface area contributed by atoms with Gasteiger partial charge in [0.05, 0.1) is 6.61 Å². The first-order chi connectivity index (χ1) is 9.74. The van der Waals surface area contributed by atoms with Crippen molar-refractivity contribution in [3.05, 3.63) is 0 Å². The maximum Gasteiger partial charge on any atom is 0.407 e. The van der Waals surface area contributed by atoms with Crippen molar-refractivity contribution in [2.24, 2.45) is 5.92 Å². The van der Waals surface area contributed by atoms with Crippen LogP contribution in [0.1, 0.15) is 54.4 Å². The fourth-order valence-corrected chi connectivity index (χ4v) is 2.06. The molecule has 0 aromatic heterocycles. The Morgan fingerprint density at radius 2 is 1.86 bits per heavy atom. The third-order valence-electron chi connectivity index (χ3n) is 3.00. The second-order valence-electron chi connectivity index (χ2n) is 6.61. The minimum absolute atomic E-state index is 0.336. The van der Waals surface area contributed by atoms with Crippen LogP contribution in [0, 0.1) is 5.92 Å². The summed E-state index contributed by atoms with van der Waals surface area (Å²) in [7, 11) is 0. The Balaban J connectivity index is 3.65. The number of hydrogen-bond acceptors (Lipinski definition) is 4. The van der Waals surface area contributed by atoms with Crippen molar-refractivity contribution in [1.82, 2.24) is 10.6 Å². The molecule has 0 aromatic rings. The molecule has 0 saturated carbocycles. The summed E-state index contributed by atoms with van der Waals surface area (Å²) in [6.07, 6.45) is 1.70. The summed E-state index contributed by atoms with van der Waals surface area (Å²) in [6.45, 7) is 15.1. The Kier molecular flexibility index (Phi) is 10.4. The molecule has 0 rings (SSSR count). The van der Waals surface area contributed by atoms with E-state index in [9.17, 15) is 4.79 Å². The monoisotopic (exact) mass is 302 g/mol. The molecule has 0 bridgehead atoms. The van der Waals surface area contributed by atoms with Crippen LogP contribution in [0.5, 0.6) is 0 Å². The van der Waals surface area contributed by atoms with Gasteiger partial charge in [0.25, 0.3) is 0 Å². The van der Waals surface area contributed by atoms with Crippen LogP contribution in [0.4, 0.5) is 4.79 Å². The molecule has 0 fully saturated rings. The molecule has 0 spiro atoms. The summed E-state index contributed by atoms with van der Waals surface area (Å²) in [5, 5.41) is 6.24. The van der Waals surface area contributed by atoms with Gasteiger partial charge in [0.1, 0.15) is 5.60 Å². The predicted octanol–water partition coefficient (Wildman–Crippen LogP) is 2.94. The highest BCUT2D eigenvalue weighted by molar-refractivity contribution is 5.67. The number of carbonyl (C=O) groups excluding carboxylic acids is 1. The van der Waals surface area contributed by atoms with E-state index in [4.69, 9.17) is 9.47 Å². The van der Waals surface area contributed by atoms with Crippen LogP contribution < -0.4 is 10.6 Å². The zero-order valence-corrected chi connectivity index (χ0v) is 14.6. The van der Waals surface area contributed by atoms with Gasteiger partial charge in [0.2, 0.25) is 0 Å². The minimum Gasteiger partial charge on any atom is -0.444 e. The molecule has 126 valence electrons. The topological polar surface area (TPSA) is 59.6 Å². The summed E-state index contributed by atoms with van der Waals surface area (Å²) in [5.74, 6) is 0.550. The number of hydrogen-bond donors (Lipinski definition) is 2. The fourth-order valence-electron chi connectivity index (χ4n) is 2.06. The first-order valence-electron chi connectivity index (χ1n) is 8.02. The molecule has 5 nitrogen and oxygen atoms in total. The van der Waals surface area contributed by atoms with Crippen molar-refractivity contribution in [1.29, 1.82) is 0 Å². The lowest BCUT2D eigenvalue weighted by Gasteiger charge is -2.21. The normalized spacial score (nSPS) is 14.6. The molecule has 2 atom stereocenters. The first kappa shape index (κ1) is 20.2. The summed E-state index contributed by atoms with van der Waals surface area (Å²) < 4.78 is 10.5. The summed E-state index contributed by atoms with van der Waals surface area (Å²) in [5.41, 5.74) is -0.436. The second kappa shape index (κ2) is 10.9. The number of alkyl carbamates (subject to hydrolysis) is 1. The standard InChI is InChI=1S/C16H34N2O3/c1-7-20-11-10-17-14(3)12-13(2)8-9-18-15(19)21-16(4,5)6/h13-14,17H,7-12H2,1-6H3,(H,18,19)/t13-,14-/m1/s1. The molecular formula is C16H34N2O3. The van der Waals surface area contributed by atoms with Gasteiger partial charge in [0.15, 0.2) is 0 Å². The van der Waals surface area contributed by atoms with Gasteiger partial charge in [-0.15, -0.1) is 0 Å². The van der Waals surface area contributed by atoms with E-state index >= 15 is 0 Å². The van der Waals surface area contributed by atoms with Crippen LogP contribution in [0.15, 0.2) is 0 Å². The van der Waals surface area contributed by atoms with Crippen LogP contribution in [-0.4, -0.2) is 44.0 Å². The highest BCUT2D eigenvalue weighted by Crippen LogP contribution is 2.10. The SMILES string of the molecule is CCOCCN[C@H](C)C[C@H](C)CCNC(=O)OC(C)(C)C. The summed E-state index contributed by atoms with van der Waals surface area (Å²) in [6, 6.07) is 0.460. The maximum absolute atomic E-state index is 11.5. The van der Waals surface area contributed by atoms with Crippen LogP contribution in [-0.2, 0) is 9.47 Å². The quantitative estimate of drug-likeness (QED) is 0.609. The highest BCUT2D eigenvalue weighted by atomic mass is 16.6. The first-order valence-corrected chi connectivity index (χ1v) is 8.02. The highest BCUT2D eigenvalue weighted by Gasteiger charge is 2.16. The average Bonchev–Trinajstić information content (AvgIpc) is 2.32. The molecule has 0 aliphatic carbocycles. The van der Waals surface area contributed by atoms with Crippen LogP contribution in [0.3, 0.4) is 0 Å². The van der Waals surface area contributed by atoms with Crippen molar-refractivity contribution < 1.29 is 14.3 Å². The lowest BCUT2D eigenvalue weighted by Crippen LogP contribution is -2.34. The molecule has 0 unspecified atom stereocenters. The number of ether oxygens (including phenoxy) is 2. The van der Waals surface area contributed by atoms with Crippen molar-refractivity contribution in [3.63, 3.8) is 0 Å². The third kappa shape index (κ3) is 13.9. The second-order valence-corrected chi connectivity index (χ2v) is 6.61. The number of amides is 1. The van der Waals surface area contributed by atoms with Gasteiger partial charge in [-0.1, -0.05) is 6.92 Å². The molecule has 0 aliphatic rings. The molecule has 5 heteroatoms. The van der Waals surface area contributed by atoms with E-state index in [1.165, 1.54) is 0 Å². The van der Waals surface area contributed by atoms with Gasteiger partial charge in [-0.05, 0) is 53.4 Å². The maximum atomic E-state index is 11.5. The van der Waals surface area contributed by atoms with Crippen LogP contribution in [0.25, 0.3) is 0 Å². The van der Waals surface area contributed by atoms with E-state index in [0.717, 1.165) is 32.6 Å². The Labute approximate surface area is 130 Å². The molecule has 0 radical (unpaired) electrons. The van der Waals surface area contributed by atoms with Gasteiger partial charge >= 0.3 is 6.09 Å². The Bertz CT molecular complexity index is 277. The lowest BCUT2D eigenvalue weighted by molar-refractivity contribution is 0.0525. The number of carbonyl (C=O) groups is 1. The minimum atomic E-state index is -0.436.